The first kappa shape index (κ1) is 17.2. The van der Waals surface area contributed by atoms with Crippen molar-refractivity contribution in [3.05, 3.63) is 59.7 Å². The molecule has 0 aliphatic rings. The number of nitrogens with zero attached hydrogens (tertiary/aromatic N) is 2. The van der Waals surface area contributed by atoms with E-state index in [1.807, 2.05) is 37.3 Å². The van der Waals surface area contributed by atoms with E-state index < -0.39 is 0 Å². The first-order chi connectivity index (χ1) is 11.5. The van der Waals surface area contributed by atoms with Crippen LogP contribution in [-0.4, -0.2) is 18.4 Å². The van der Waals surface area contributed by atoms with E-state index in [2.05, 4.69) is 5.32 Å². The molecule has 0 saturated heterocycles. The van der Waals surface area contributed by atoms with Crippen molar-refractivity contribution in [2.75, 3.05) is 16.8 Å². The first-order valence-electron chi connectivity index (χ1n) is 7.65. The highest BCUT2D eigenvalue weighted by atomic mass is 16.2. The summed E-state index contributed by atoms with van der Waals surface area (Å²) in [6, 6.07) is 16.3. The summed E-state index contributed by atoms with van der Waals surface area (Å²) in [4.78, 5) is 25.6. The van der Waals surface area contributed by atoms with Crippen LogP contribution >= 0.6 is 0 Å². The number of aryl methyl sites for hydroxylation is 1. The maximum Gasteiger partial charge on any atom is 0.226 e. The highest BCUT2D eigenvalue weighted by Gasteiger charge is 2.15. The monoisotopic (exact) mass is 321 g/mol. The van der Waals surface area contributed by atoms with E-state index in [4.69, 9.17) is 5.26 Å². The van der Waals surface area contributed by atoms with Crippen molar-refractivity contribution in [1.29, 1.82) is 5.26 Å². The molecule has 0 bridgehead atoms. The number of benzene rings is 2. The molecule has 2 aromatic carbocycles. The Morgan fingerprint density at radius 3 is 2.58 bits per heavy atom. The topological polar surface area (TPSA) is 73.2 Å². The van der Waals surface area contributed by atoms with Crippen LogP contribution < -0.4 is 10.2 Å². The van der Waals surface area contributed by atoms with Gasteiger partial charge in [-0.25, -0.2) is 0 Å². The normalized spacial score (nSPS) is 9.88. The summed E-state index contributed by atoms with van der Waals surface area (Å²) < 4.78 is 0. The van der Waals surface area contributed by atoms with E-state index in [0.717, 1.165) is 11.3 Å². The number of carbonyl (C=O) groups is 2. The molecule has 2 aromatic rings. The Kier molecular flexibility index (Phi) is 5.69. The molecule has 0 fully saturated rings. The summed E-state index contributed by atoms with van der Waals surface area (Å²) in [5, 5.41) is 11.6. The molecule has 5 nitrogen and oxygen atoms in total. The Bertz CT molecular complexity index is 793. The van der Waals surface area contributed by atoms with Gasteiger partial charge in [0.05, 0.1) is 11.6 Å². The SMILES string of the molecule is CC(=O)N(CCC(=O)Nc1cccc(C#N)c1)c1ccccc1C. The number of nitrogens with one attached hydrogen (secondary N) is 1. The summed E-state index contributed by atoms with van der Waals surface area (Å²) in [7, 11) is 0. The average Bonchev–Trinajstić information content (AvgIpc) is 2.56. The molecule has 5 heteroatoms. The second kappa shape index (κ2) is 7.93. The molecule has 0 spiro atoms. The van der Waals surface area contributed by atoms with Crippen LogP contribution in [0.3, 0.4) is 0 Å². The fraction of sp³-hybridized carbons (Fsp3) is 0.211. The van der Waals surface area contributed by atoms with Gasteiger partial charge in [-0.2, -0.15) is 5.26 Å². The smallest absolute Gasteiger partial charge is 0.226 e. The van der Waals surface area contributed by atoms with Gasteiger partial charge in [-0.3, -0.25) is 9.59 Å². The maximum absolute atomic E-state index is 12.1. The van der Waals surface area contributed by atoms with Crippen LogP contribution in [0.2, 0.25) is 0 Å². The molecule has 0 radical (unpaired) electrons. The molecule has 2 rings (SSSR count). The molecule has 0 saturated carbocycles. The summed E-state index contributed by atoms with van der Waals surface area (Å²) in [5.41, 5.74) is 2.85. The van der Waals surface area contributed by atoms with Gasteiger partial charge >= 0.3 is 0 Å². The van der Waals surface area contributed by atoms with Crippen LogP contribution in [0.15, 0.2) is 48.5 Å². The Labute approximate surface area is 141 Å². The third-order valence-electron chi connectivity index (χ3n) is 3.62. The standard InChI is InChI=1S/C19H19N3O2/c1-14-6-3-4-9-18(14)22(15(2)23)11-10-19(24)21-17-8-5-7-16(12-17)13-20/h3-9,12H,10-11H2,1-2H3,(H,21,24). The number of anilines is 2. The second-order valence-electron chi connectivity index (χ2n) is 5.45. The molecular formula is C19H19N3O2. The largest absolute Gasteiger partial charge is 0.326 e. The Morgan fingerprint density at radius 2 is 1.92 bits per heavy atom. The van der Waals surface area contributed by atoms with E-state index in [9.17, 15) is 9.59 Å². The number of rotatable bonds is 5. The van der Waals surface area contributed by atoms with Crippen molar-refractivity contribution in [3.8, 4) is 6.07 Å². The molecule has 1 N–H and O–H groups in total. The van der Waals surface area contributed by atoms with Crippen LogP contribution in [0.4, 0.5) is 11.4 Å². The lowest BCUT2D eigenvalue weighted by molar-refractivity contribution is -0.117. The van der Waals surface area contributed by atoms with Crippen LogP contribution in [0, 0.1) is 18.3 Å². The lowest BCUT2D eigenvalue weighted by Crippen LogP contribution is -2.32. The third kappa shape index (κ3) is 4.43. The number of hydrogen-bond acceptors (Lipinski definition) is 3. The van der Waals surface area contributed by atoms with Crippen LogP contribution in [0.1, 0.15) is 24.5 Å². The Hall–Kier alpha value is -3.13. The minimum absolute atomic E-state index is 0.108. The third-order valence-corrected chi connectivity index (χ3v) is 3.62. The van der Waals surface area contributed by atoms with E-state index in [0.29, 0.717) is 17.8 Å². The van der Waals surface area contributed by atoms with E-state index in [-0.39, 0.29) is 18.2 Å². The maximum atomic E-state index is 12.1. The lowest BCUT2D eigenvalue weighted by Gasteiger charge is -2.22. The number of para-hydroxylation sites is 1. The molecule has 2 amide bonds. The summed E-state index contributed by atoms with van der Waals surface area (Å²) in [5.74, 6) is -0.312. The molecule has 0 aliphatic carbocycles. The van der Waals surface area contributed by atoms with Crippen molar-refractivity contribution in [1.82, 2.24) is 0 Å². The van der Waals surface area contributed by atoms with Crippen molar-refractivity contribution in [3.63, 3.8) is 0 Å². The zero-order chi connectivity index (χ0) is 17.5. The molecule has 0 unspecified atom stereocenters. The Balaban J connectivity index is 2.02. The van der Waals surface area contributed by atoms with Gasteiger partial charge in [-0.15, -0.1) is 0 Å². The molecule has 122 valence electrons. The number of carbonyl (C=O) groups excluding carboxylic acids is 2. The van der Waals surface area contributed by atoms with Crippen molar-refractivity contribution in [2.24, 2.45) is 0 Å². The zero-order valence-electron chi connectivity index (χ0n) is 13.7. The fourth-order valence-corrected chi connectivity index (χ4v) is 2.42. The quantitative estimate of drug-likeness (QED) is 0.918. The van der Waals surface area contributed by atoms with Crippen molar-refractivity contribution in [2.45, 2.75) is 20.3 Å². The van der Waals surface area contributed by atoms with Crippen molar-refractivity contribution < 1.29 is 9.59 Å². The summed E-state index contributed by atoms with van der Waals surface area (Å²) in [6.45, 7) is 3.71. The minimum Gasteiger partial charge on any atom is -0.326 e. The molecule has 0 aromatic heterocycles. The van der Waals surface area contributed by atoms with E-state index >= 15 is 0 Å². The predicted molar refractivity (Wildman–Crippen MR) is 93.6 cm³/mol. The summed E-state index contributed by atoms with van der Waals surface area (Å²) >= 11 is 0. The predicted octanol–water partition coefficient (Wildman–Crippen LogP) is 3.25. The van der Waals surface area contributed by atoms with Gasteiger partial charge in [0.15, 0.2) is 0 Å². The molecule has 0 heterocycles. The molecular weight excluding hydrogens is 302 g/mol. The highest BCUT2D eigenvalue weighted by molar-refractivity contribution is 5.95. The average molecular weight is 321 g/mol. The molecule has 0 aliphatic heterocycles. The highest BCUT2D eigenvalue weighted by Crippen LogP contribution is 2.20. The van der Waals surface area contributed by atoms with Gasteiger partial charge in [0.1, 0.15) is 0 Å². The fourth-order valence-electron chi connectivity index (χ4n) is 2.42. The van der Waals surface area contributed by atoms with E-state index in [1.54, 1.807) is 29.2 Å². The number of amides is 2. The molecule has 24 heavy (non-hydrogen) atoms. The van der Waals surface area contributed by atoms with Crippen molar-refractivity contribution >= 4 is 23.2 Å². The first-order valence-corrected chi connectivity index (χ1v) is 7.65. The van der Waals surface area contributed by atoms with Crippen LogP contribution in [0.5, 0.6) is 0 Å². The second-order valence-corrected chi connectivity index (χ2v) is 5.45. The molecule has 0 atom stereocenters. The van der Waals surface area contributed by atoms with Crippen LogP contribution in [-0.2, 0) is 9.59 Å². The van der Waals surface area contributed by atoms with Gasteiger partial charge in [0, 0.05) is 31.3 Å². The van der Waals surface area contributed by atoms with Gasteiger partial charge < -0.3 is 10.2 Å². The zero-order valence-corrected chi connectivity index (χ0v) is 13.7. The van der Waals surface area contributed by atoms with Crippen LogP contribution in [0.25, 0.3) is 0 Å². The van der Waals surface area contributed by atoms with E-state index in [1.165, 1.54) is 6.92 Å². The summed E-state index contributed by atoms with van der Waals surface area (Å²) in [6.07, 6.45) is 0.171. The van der Waals surface area contributed by atoms with Gasteiger partial charge in [0.2, 0.25) is 11.8 Å². The minimum atomic E-state index is -0.204. The van der Waals surface area contributed by atoms with Gasteiger partial charge in [0.25, 0.3) is 0 Å². The number of nitriles is 1. The van der Waals surface area contributed by atoms with Gasteiger partial charge in [-0.05, 0) is 36.8 Å². The lowest BCUT2D eigenvalue weighted by atomic mass is 10.1. The Morgan fingerprint density at radius 1 is 1.17 bits per heavy atom. The van der Waals surface area contributed by atoms with Gasteiger partial charge in [-0.1, -0.05) is 24.3 Å². The number of hydrogen-bond donors (Lipinski definition) is 1.